The molecule has 1 radical (unpaired) electrons. The monoisotopic (exact) mass is 137 g/mol. The molecule has 0 spiro atoms. The summed E-state index contributed by atoms with van der Waals surface area (Å²) in [5.74, 6) is 1.74. The van der Waals surface area contributed by atoms with Crippen molar-refractivity contribution in [3.05, 3.63) is 18.6 Å². The van der Waals surface area contributed by atoms with Crippen LogP contribution in [0.4, 0.5) is 0 Å². The molecule has 0 saturated carbocycles. The van der Waals surface area contributed by atoms with Crippen molar-refractivity contribution in [1.29, 1.82) is 0 Å². The molecule has 0 unspecified atom stereocenters. The molecule has 0 heterocycles. The molecule has 1 rings (SSSR count). The largest absolute Gasteiger partial charge is 0.0853 e. The Kier molecular flexibility index (Phi) is 2.53. The minimum Gasteiger partial charge on any atom is -0.0853 e. The molecule has 1 aliphatic rings. The van der Waals surface area contributed by atoms with Gasteiger partial charge in [-0.05, 0) is 38.0 Å². The van der Waals surface area contributed by atoms with E-state index in [4.69, 9.17) is 0 Å². The molecule has 0 fully saturated rings. The third-order valence-electron chi connectivity index (χ3n) is 2.44. The normalized spacial score (nSPS) is 26.8. The van der Waals surface area contributed by atoms with Crippen molar-refractivity contribution in [3.63, 3.8) is 0 Å². The molecule has 0 aromatic heterocycles. The first-order valence-electron chi connectivity index (χ1n) is 4.21. The molecule has 0 aliphatic heterocycles. The van der Waals surface area contributed by atoms with Crippen LogP contribution in [0.15, 0.2) is 11.6 Å². The van der Waals surface area contributed by atoms with Gasteiger partial charge in [-0.1, -0.05) is 25.5 Å². The minimum absolute atomic E-state index is 0.838. The average Bonchev–Trinajstić information content (AvgIpc) is 1.88. The van der Waals surface area contributed by atoms with Crippen LogP contribution < -0.4 is 0 Å². The molecule has 57 valence electrons. The van der Waals surface area contributed by atoms with Crippen LogP contribution in [0, 0.1) is 18.8 Å². The van der Waals surface area contributed by atoms with E-state index in [2.05, 4.69) is 26.8 Å². The van der Waals surface area contributed by atoms with Gasteiger partial charge in [-0.25, -0.2) is 0 Å². The summed E-state index contributed by atoms with van der Waals surface area (Å²) in [6.45, 7) is 8.61. The fraction of sp³-hybridized carbons (Fsp3) is 0.700. The summed E-state index contributed by atoms with van der Waals surface area (Å²) in [5.41, 5.74) is 1.35. The Morgan fingerprint density at radius 3 is 2.70 bits per heavy atom. The van der Waals surface area contributed by atoms with E-state index in [0.29, 0.717) is 0 Å². The summed E-state index contributed by atoms with van der Waals surface area (Å²) >= 11 is 0. The first kappa shape index (κ1) is 7.84. The molecular formula is C10H17. The molecule has 0 aromatic carbocycles. The zero-order valence-electron chi connectivity index (χ0n) is 7.06. The van der Waals surface area contributed by atoms with E-state index in [0.717, 1.165) is 11.8 Å². The Morgan fingerprint density at radius 1 is 1.60 bits per heavy atom. The molecule has 0 saturated heterocycles. The van der Waals surface area contributed by atoms with Gasteiger partial charge in [0, 0.05) is 0 Å². The lowest BCUT2D eigenvalue weighted by Gasteiger charge is -2.24. The van der Waals surface area contributed by atoms with E-state index in [1.807, 2.05) is 0 Å². The first-order valence-corrected chi connectivity index (χ1v) is 4.21. The summed E-state index contributed by atoms with van der Waals surface area (Å²) in [4.78, 5) is 0. The van der Waals surface area contributed by atoms with E-state index < -0.39 is 0 Å². The molecule has 0 amide bonds. The Bertz CT molecular complexity index is 131. The van der Waals surface area contributed by atoms with Gasteiger partial charge in [-0.3, -0.25) is 0 Å². The van der Waals surface area contributed by atoms with Gasteiger partial charge in [0.2, 0.25) is 0 Å². The van der Waals surface area contributed by atoms with Crippen molar-refractivity contribution in [2.24, 2.45) is 11.8 Å². The number of hydrogen-bond donors (Lipinski definition) is 0. The minimum atomic E-state index is 0.838. The predicted octanol–water partition coefficient (Wildman–Crippen LogP) is 3.20. The molecule has 0 N–H and O–H groups in total. The van der Waals surface area contributed by atoms with Crippen LogP contribution in [0.3, 0.4) is 0 Å². The lowest BCUT2D eigenvalue weighted by Crippen LogP contribution is -2.11. The van der Waals surface area contributed by atoms with E-state index in [1.165, 1.54) is 24.8 Å². The smallest absolute Gasteiger partial charge is 0.0283 e. The maximum Gasteiger partial charge on any atom is -0.0283 e. The van der Waals surface area contributed by atoms with E-state index in [9.17, 15) is 0 Å². The highest BCUT2D eigenvalue weighted by Gasteiger charge is 2.15. The van der Waals surface area contributed by atoms with Crippen LogP contribution in [-0.4, -0.2) is 0 Å². The molecule has 1 atom stereocenters. The SMILES string of the molecule is [CH2]C1=CCC[C@H](C(C)C)C1. The van der Waals surface area contributed by atoms with Gasteiger partial charge in [0.05, 0.1) is 0 Å². The Morgan fingerprint density at radius 2 is 2.30 bits per heavy atom. The topological polar surface area (TPSA) is 0 Å². The van der Waals surface area contributed by atoms with Gasteiger partial charge in [0.1, 0.15) is 0 Å². The number of rotatable bonds is 1. The van der Waals surface area contributed by atoms with Crippen molar-refractivity contribution in [1.82, 2.24) is 0 Å². The van der Waals surface area contributed by atoms with E-state index >= 15 is 0 Å². The van der Waals surface area contributed by atoms with Crippen molar-refractivity contribution in [2.45, 2.75) is 33.1 Å². The lowest BCUT2D eigenvalue weighted by atomic mass is 9.82. The highest BCUT2D eigenvalue weighted by Crippen LogP contribution is 2.28. The van der Waals surface area contributed by atoms with Crippen molar-refractivity contribution < 1.29 is 0 Å². The highest BCUT2D eigenvalue weighted by molar-refractivity contribution is 5.09. The van der Waals surface area contributed by atoms with Crippen LogP contribution >= 0.6 is 0 Å². The predicted molar refractivity (Wildman–Crippen MR) is 45.6 cm³/mol. The van der Waals surface area contributed by atoms with Gasteiger partial charge in [-0.15, -0.1) is 0 Å². The fourth-order valence-electron chi connectivity index (χ4n) is 1.59. The van der Waals surface area contributed by atoms with Crippen LogP contribution in [0.5, 0.6) is 0 Å². The Labute approximate surface area is 64.3 Å². The summed E-state index contributed by atoms with van der Waals surface area (Å²) < 4.78 is 0. The van der Waals surface area contributed by atoms with Crippen molar-refractivity contribution in [3.8, 4) is 0 Å². The van der Waals surface area contributed by atoms with Crippen LogP contribution in [-0.2, 0) is 0 Å². The van der Waals surface area contributed by atoms with Gasteiger partial charge in [0.25, 0.3) is 0 Å². The molecule has 0 bridgehead atoms. The first-order chi connectivity index (χ1) is 4.70. The van der Waals surface area contributed by atoms with Gasteiger partial charge in [-0.2, -0.15) is 0 Å². The highest BCUT2D eigenvalue weighted by atomic mass is 14.2. The quantitative estimate of drug-likeness (QED) is 0.520. The maximum atomic E-state index is 3.99. The summed E-state index contributed by atoms with van der Waals surface area (Å²) in [6, 6.07) is 0. The zero-order chi connectivity index (χ0) is 7.56. The lowest BCUT2D eigenvalue weighted by molar-refractivity contribution is 0.350. The van der Waals surface area contributed by atoms with Crippen LogP contribution in [0.25, 0.3) is 0 Å². The Balaban J connectivity index is 2.45. The van der Waals surface area contributed by atoms with Gasteiger partial charge < -0.3 is 0 Å². The Hall–Kier alpha value is -0.260. The van der Waals surface area contributed by atoms with E-state index in [-0.39, 0.29) is 0 Å². The van der Waals surface area contributed by atoms with Crippen LogP contribution in [0.1, 0.15) is 33.1 Å². The van der Waals surface area contributed by atoms with Gasteiger partial charge in [0.15, 0.2) is 0 Å². The molecule has 10 heavy (non-hydrogen) atoms. The average molecular weight is 137 g/mol. The summed E-state index contributed by atoms with van der Waals surface area (Å²) in [6.07, 6.45) is 6.13. The molecule has 0 heteroatoms. The third-order valence-corrected chi connectivity index (χ3v) is 2.44. The van der Waals surface area contributed by atoms with E-state index in [1.54, 1.807) is 0 Å². The fourth-order valence-corrected chi connectivity index (χ4v) is 1.59. The van der Waals surface area contributed by atoms with Crippen molar-refractivity contribution >= 4 is 0 Å². The van der Waals surface area contributed by atoms with Gasteiger partial charge >= 0.3 is 0 Å². The third kappa shape index (κ3) is 1.86. The summed E-state index contributed by atoms with van der Waals surface area (Å²) in [7, 11) is 0. The van der Waals surface area contributed by atoms with Crippen LogP contribution in [0.2, 0.25) is 0 Å². The summed E-state index contributed by atoms with van der Waals surface area (Å²) in [5, 5.41) is 0. The standard InChI is InChI=1S/C10H17/c1-8(2)10-6-4-5-9(3)7-10/h5,8,10H,3-4,6-7H2,1-2H3/t10-/m0/s1. The second-order valence-corrected chi connectivity index (χ2v) is 3.65. The molecule has 1 aliphatic carbocycles. The maximum absolute atomic E-state index is 3.99. The number of allylic oxidation sites excluding steroid dienone is 2. The molecular weight excluding hydrogens is 120 g/mol. The molecule has 0 nitrogen and oxygen atoms in total. The number of hydrogen-bond acceptors (Lipinski definition) is 0. The zero-order valence-corrected chi connectivity index (χ0v) is 7.06. The second kappa shape index (κ2) is 3.23. The van der Waals surface area contributed by atoms with Crippen molar-refractivity contribution in [2.75, 3.05) is 0 Å². The molecule has 0 aromatic rings. The second-order valence-electron chi connectivity index (χ2n) is 3.65.